The Bertz CT molecular complexity index is 1460. The number of anilines is 2. The Kier molecular flexibility index (Phi) is 12.9. The molecule has 0 spiro atoms. The maximum absolute atomic E-state index is 13.4. The number of hydrogen-bond acceptors (Lipinski definition) is 12. The van der Waals surface area contributed by atoms with Gasteiger partial charge in [0.2, 0.25) is 0 Å². The van der Waals surface area contributed by atoms with Gasteiger partial charge in [-0.1, -0.05) is 6.92 Å². The maximum Gasteiger partial charge on any atom is 0.302 e. The van der Waals surface area contributed by atoms with Crippen molar-refractivity contribution in [1.82, 2.24) is 9.80 Å². The number of amides is 2. The number of aliphatic hydroxyl groups is 1. The number of nitrogens with two attached hydrogens (primary N) is 2. The van der Waals surface area contributed by atoms with Gasteiger partial charge in [-0.25, -0.2) is 0 Å². The first-order chi connectivity index (χ1) is 23.0. The zero-order valence-electron chi connectivity index (χ0n) is 28.1. The molecule has 2 fully saturated rings. The van der Waals surface area contributed by atoms with Gasteiger partial charge in [-0.2, -0.15) is 12.6 Å². The molecule has 2 aromatic rings. The molecular formula is C34H48N4O9S. The van der Waals surface area contributed by atoms with E-state index in [1.54, 1.807) is 18.2 Å². The minimum Gasteiger partial charge on any atom is -0.493 e. The highest BCUT2D eigenvalue weighted by molar-refractivity contribution is 7.80. The predicted octanol–water partition coefficient (Wildman–Crippen LogP) is 3.42. The van der Waals surface area contributed by atoms with Gasteiger partial charge in [0.15, 0.2) is 23.0 Å². The van der Waals surface area contributed by atoms with Crippen molar-refractivity contribution in [3.63, 3.8) is 0 Å². The first-order valence-electron chi connectivity index (χ1n) is 16.2. The largest absolute Gasteiger partial charge is 0.493 e. The number of unbranched alkanes of at least 4 members (excludes halogenated alkanes) is 2. The van der Waals surface area contributed by atoms with Crippen LogP contribution >= 0.6 is 12.6 Å². The van der Waals surface area contributed by atoms with Crippen LogP contribution in [0.3, 0.4) is 0 Å². The number of nitrogens with zero attached hydrogens (tertiary/aromatic N) is 2. The molecule has 4 atom stereocenters. The molecule has 0 radical (unpaired) electrons. The van der Waals surface area contributed by atoms with Gasteiger partial charge in [0.25, 0.3) is 11.8 Å². The van der Waals surface area contributed by atoms with Crippen LogP contribution in [0.15, 0.2) is 24.3 Å². The van der Waals surface area contributed by atoms with E-state index in [0.29, 0.717) is 78.5 Å². The summed E-state index contributed by atoms with van der Waals surface area (Å²) in [7, 11) is 3.00. The lowest BCUT2D eigenvalue weighted by molar-refractivity contribution is -0.145. The van der Waals surface area contributed by atoms with E-state index in [4.69, 9.17) is 35.2 Å². The molecule has 14 heteroatoms. The lowest BCUT2D eigenvalue weighted by Crippen LogP contribution is -2.38. The SMILES string of the molecule is COc1cc(C(=O)N2C[C@H](C)C[C@H]2CS)c(N)cc1OCCCCCOc1cc(N)c(C(=O)N2C[C@H](OC(C)=O)C[C@H]2CO)cc1OC. The van der Waals surface area contributed by atoms with Crippen molar-refractivity contribution in [2.75, 3.05) is 64.3 Å². The number of carbonyl (C=O) groups excluding carboxylic acids is 3. The van der Waals surface area contributed by atoms with Crippen molar-refractivity contribution in [1.29, 1.82) is 0 Å². The number of esters is 1. The third kappa shape index (κ3) is 8.70. The molecule has 48 heavy (non-hydrogen) atoms. The number of nitrogen functional groups attached to an aromatic ring is 2. The summed E-state index contributed by atoms with van der Waals surface area (Å²) in [6.07, 6.45) is 3.00. The lowest BCUT2D eigenvalue weighted by Gasteiger charge is -2.24. The summed E-state index contributed by atoms with van der Waals surface area (Å²) in [5.74, 6) is 1.70. The highest BCUT2D eigenvalue weighted by atomic mass is 32.1. The fourth-order valence-electron chi connectivity index (χ4n) is 6.31. The van der Waals surface area contributed by atoms with Crippen molar-refractivity contribution in [2.24, 2.45) is 5.92 Å². The van der Waals surface area contributed by atoms with Gasteiger partial charge in [0.05, 0.1) is 57.8 Å². The van der Waals surface area contributed by atoms with Crippen LogP contribution in [-0.4, -0.2) is 104 Å². The average Bonchev–Trinajstić information content (AvgIpc) is 3.65. The van der Waals surface area contributed by atoms with Gasteiger partial charge >= 0.3 is 5.97 Å². The molecule has 0 bridgehead atoms. The summed E-state index contributed by atoms with van der Waals surface area (Å²) < 4.78 is 28.2. The van der Waals surface area contributed by atoms with Crippen LogP contribution in [0.2, 0.25) is 0 Å². The number of thiol groups is 1. The third-order valence-electron chi connectivity index (χ3n) is 8.71. The third-order valence-corrected chi connectivity index (χ3v) is 9.13. The van der Waals surface area contributed by atoms with Crippen LogP contribution in [0.25, 0.3) is 0 Å². The summed E-state index contributed by atoms with van der Waals surface area (Å²) in [5.41, 5.74) is 13.7. The quantitative estimate of drug-likeness (QED) is 0.0934. The summed E-state index contributed by atoms with van der Waals surface area (Å²) in [5, 5.41) is 9.81. The van der Waals surface area contributed by atoms with Crippen LogP contribution in [0.1, 0.15) is 66.7 Å². The number of rotatable bonds is 15. The topological polar surface area (TPSA) is 176 Å². The summed E-state index contributed by atoms with van der Waals surface area (Å²) in [6.45, 7) is 4.78. The van der Waals surface area contributed by atoms with Crippen LogP contribution in [0.4, 0.5) is 11.4 Å². The zero-order chi connectivity index (χ0) is 35.0. The van der Waals surface area contributed by atoms with E-state index >= 15 is 0 Å². The number of ether oxygens (including phenoxy) is 5. The molecule has 2 aromatic carbocycles. The zero-order valence-corrected chi connectivity index (χ0v) is 29.0. The first kappa shape index (κ1) is 36.8. The van der Waals surface area contributed by atoms with E-state index < -0.39 is 24.0 Å². The smallest absolute Gasteiger partial charge is 0.302 e. The minimum atomic E-state index is -0.496. The number of hydrogen-bond donors (Lipinski definition) is 4. The van der Waals surface area contributed by atoms with Gasteiger partial charge in [-0.15, -0.1) is 0 Å². The maximum atomic E-state index is 13.4. The molecule has 2 saturated heterocycles. The van der Waals surface area contributed by atoms with Crippen molar-refractivity contribution in [3.05, 3.63) is 35.4 Å². The summed E-state index contributed by atoms with van der Waals surface area (Å²) >= 11 is 4.42. The van der Waals surface area contributed by atoms with Gasteiger partial charge < -0.3 is 50.1 Å². The van der Waals surface area contributed by atoms with E-state index in [0.717, 1.165) is 19.3 Å². The van der Waals surface area contributed by atoms with Crippen LogP contribution in [0, 0.1) is 5.92 Å². The Balaban J connectivity index is 1.27. The molecule has 2 heterocycles. The number of likely N-dealkylation sites (tertiary alicyclic amines) is 2. The van der Waals surface area contributed by atoms with Crippen LogP contribution in [-0.2, 0) is 9.53 Å². The molecular weight excluding hydrogens is 640 g/mol. The Hall–Kier alpha value is -4.04. The van der Waals surface area contributed by atoms with Crippen molar-refractivity contribution < 1.29 is 43.2 Å². The molecule has 264 valence electrons. The number of methoxy groups -OCH3 is 2. The van der Waals surface area contributed by atoms with Gasteiger partial charge in [0, 0.05) is 55.2 Å². The van der Waals surface area contributed by atoms with Crippen molar-refractivity contribution in [2.45, 2.75) is 64.1 Å². The normalized spacial score (nSPS) is 20.5. The first-order valence-corrected chi connectivity index (χ1v) is 16.9. The van der Waals surface area contributed by atoms with Crippen LogP contribution in [0.5, 0.6) is 23.0 Å². The lowest BCUT2D eigenvalue weighted by atomic mass is 10.1. The molecule has 2 aliphatic heterocycles. The molecule has 4 rings (SSSR count). The fraction of sp³-hybridized carbons (Fsp3) is 0.559. The predicted molar refractivity (Wildman–Crippen MR) is 184 cm³/mol. The molecule has 0 unspecified atom stereocenters. The van der Waals surface area contributed by atoms with E-state index in [9.17, 15) is 19.5 Å². The second-order valence-corrected chi connectivity index (χ2v) is 12.7. The molecule has 2 amide bonds. The molecule has 2 aliphatic rings. The second kappa shape index (κ2) is 16.9. The Labute approximate surface area is 287 Å². The van der Waals surface area contributed by atoms with E-state index in [1.165, 1.54) is 32.1 Å². The molecule has 0 aliphatic carbocycles. The molecule has 0 aromatic heterocycles. The number of carbonyl (C=O) groups is 3. The standard InChI is InChI=1S/C34H48N4O9S/c1-20-10-23(19-48)37(16-20)33(41)25-12-29(43-3)31(14-27(25)35)45-8-6-5-7-9-46-32-15-28(36)26(13-30(32)44-4)34(42)38-17-24(47-21(2)40)11-22(38)18-39/h12-15,20,22-24,39,48H,5-11,16-19,35-36H2,1-4H3/t20-,22+,23+,24-/m1/s1. The molecule has 5 N–H and O–H groups in total. The van der Waals surface area contributed by atoms with Gasteiger partial charge in [-0.3, -0.25) is 14.4 Å². The molecule has 13 nitrogen and oxygen atoms in total. The van der Waals surface area contributed by atoms with Gasteiger partial charge in [-0.05, 0) is 43.7 Å². The second-order valence-electron chi connectivity index (χ2n) is 12.3. The fourth-order valence-corrected chi connectivity index (χ4v) is 6.66. The van der Waals surface area contributed by atoms with Gasteiger partial charge in [0.1, 0.15) is 6.10 Å². The average molecular weight is 689 g/mol. The van der Waals surface area contributed by atoms with Crippen molar-refractivity contribution >= 4 is 41.8 Å². The Morgan fingerprint density at radius 1 is 0.812 bits per heavy atom. The Morgan fingerprint density at radius 2 is 1.33 bits per heavy atom. The van der Waals surface area contributed by atoms with Crippen LogP contribution < -0.4 is 30.4 Å². The Morgan fingerprint density at radius 3 is 1.79 bits per heavy atom. The van der Waals surface area contributed by atoms with E-state index in [2.05, 4.69) is 19.6 Å². The van der Waals surface area contributed by atoms with E-state index in [-0.39, 0.29) is 36.4 Å². The molecule has 0 saturated carbocycles. The highest BCUT2D eigenvalue weighted by Crippen LogP contribution is 2.36. The number of aliphatic hydroxyl groups excluding tert-OH is 1. The highest BCUT2D eigenvalue weighted by Gasteiger charge is 2.38. The minimum absolute atomic E-state index is 0.0767. The van der Waals surface area contributed by atoms with Crippen molar-refractivity contribution in [3.8, 4) is 23.0 Å². The number of benzene rings is 2. The monoisotopic (exact) mass is 688 g/mol. The summed E-state index contributed by atoms with van der Waals surface area (Å²) in [4.78, 5) is 41.4. The summed E-state index contributed by atoms with van der Waals surface area (Å²) in [6, 6.07) is 5.94. The van der Waals surface area contributed by atoms with E-state index in [1.807, 2.05) is 4.90 Å².